The van der Waals surface area contributed by atoms with E-state index in [0.717, 1.165) is 11.1 Å². The summed E-state index contributed by atoms with van der Waals surface area (Å²) < 4.78 is 0. The van der Waals surface area contributed by atoms with Crippen LogP contribution in [0.2, 0.25) is 0 Å². The number of benzene rings is 2. The number of hydrogen-bond acceptors (Lipinski definition) is 2. The van der Waals surface area contributed by atoms with E-state index in [1.807, 2.05) is 62.4 Å². The van der Waals surface area contributed by atoms with Crippen molar-refractivity contribution in [2.24, 2.45) is 0 Å². The molecule has 1 aliphatic carbocycles. The Morgan fingerprint density at radius 1 is 0.650 bits per heavy atom. The lowest BCUT2D eigenvalue weighted by Gasteiger charge is -2.24. The van der Waals surface area contributed by atoms with Gasteiger partial charge in [0.15, 0.2) is 11.6 Å². The quantitative estimate of drug-likeness (QED) is 0.721. The standard InChI is InChI=1S/C18H16O2/c1-11-13-7-3-5-9-15(13)18(20)12(2)14-8-4-6-10-16(14)17(11)19/h3-12H,1-2H3. The molecule has 0 bridgehead atoms. The predicted molar refractivity (Wildman–Crippen MR) is 78.4 cm³/mol. The van der Waals surface area contributed by atoms with Crippen LogP contribution < -0.4 is 0 Å². The lowest BCUT2D eigenvalue weighted by molar-refractivity contribution is 0.0943. The highest BCUT2D eigenvalue weighted by Gasteiger charge is 2.31. The fourth-order valence-corrected chi connectivity index (χ4v) is 2.95. The van der Waals surface area contributed by atoms with Crippen LogP contribution in [0.5, 0.6) is 0 Å². The summed E-state index contributed by atoms with van der Waals surface area (Å²) in [4.78, 5) is 25.4. The van der Waals surface area contributed by atoms with E-state index in [4.69, 9.17) is 0 Å². The molecule has 2 atom stereocenters. The molecule has 2 unspecified atom stereocenters. The van der Waals surface area contributed by atoms with Crippen LogP contribution in [-0.4, -0.2) is 11.6 Å². The number of carbonyl (C=O) groups excluding carboxylic acids is 2. The second kappa shape index (κ2) is 4.71. The Labute approximate surface area is 118 Å². The van der Waals surface area contributed by atoms with Gasteiger partial charge in [-0.3, -0.25) is 9.59 Å². The maximum Gasteiger partial charge on any atom is 0.170 e. The highest BCUT2D eigenvalue weighted by molar-refractivity contribution is 6.10. The molecule has 0 saturated heterocycles. The third kappa shape index (κ3) is 1.80. The molecule has 0 amide bonds. The normalized spacial score (nSPS) is 21.7. The average molecular weight is 264 g/mol. The van der Waals surface area contributed by atoms with Gasteiger partial charge in [-0.1, -0.05) is 62.4 Å². The van der Waals surface area contributed by atoms with Gasteiger partial charge in [0.2, 0.25) is 0 Å². The molecule has 0 aliphatic heterocycles. The smallest absolute Gasteiger partial charge is 0.170 e. The third-order valence-corrected chi connectivity index (χ3v) is 4.17. The fraction of sp³-hybridized carbons (Fsp3) is 0.222. The molecule has 20 heavy (non-hydrogen) atoms. The van der Waals surface area contributed by atoms with Gasteiger partial charge in [0.25, 0.3) is 0 Å². The molecule has 0 heterocycles. The number of rotatable bonds is 0. The van der Waals surface area contributed by atoms with Crippen molar-refractivity contribution in [3.8, 4) is 0 Å². The lowest BCUT2D eigenvalue weighted by atomic mass is 9.78. The van der Waals surface area contributed by atoms with Crippen LogP contribution in [-0.2, 0) is 0 Å². The Morgan fingerprint density at radius 3 is 1.40 bits per heavy atom. The largest absolute Gasteiger partial charge is 0.293 e. The van der Waals surface area contributed by atoms with Gasteiger partial charge in [-0.25, -0.2) is 0 Å². The van der Waals surface area contributed by atoms with E-state index in [9.17, 15) is 9.59 Å². The Bertz CT molecular complexity index is 639. The first-order valence-electron chi connectivity index (χ1n) is 6.87. The van der Waals surface area contributed by atoms with Crippen LogP contribution in [0.15, 0.2) is 48.5 Å². The lowest BCUT2D eigenvalue weighted by Crippen LogP contribution is -2.23. The van der Waals surface area contributed by atoms with Crippen molar-refractivity contribution < 1.29 is 9.59 Å². The molecule has 2 aromatic rings. The van der Waals surface area contributed by atoms with Crippen molar-refractivity contribution >= 4 is 11.6 Å². The van der Waals surface area contributed by atoms with Gasteiger partial charge in [0, 0.05) is 23.0 Å². The average Bonchev–Trinajstić information content (AvgIpc) is 2.51. The van der Waals surface area contributed by atoms with Gasteiger partial charge < -0.3 is 0 Å². The van der Waals surface area contributed by atoms with E-state index >= 15 is 0 Å². The predicted octanol–water partition coefficient (Wildman–Crippen LogP) is 3.97. The van der Waals surface area contributed by atoms with Crippen LogP contribution in [0.25, 0.3) is 0 Å². The SMILES string of the molecule is CC1C(=O)c2ccccc2C(C)C(=O)c2ccccc21. The molecule has 0 fully saturated rings. The van der Waals surface area contributed by atoms with Gasteiger partial charge in [-0.05, 0) is 11.1 Å². The number of carbonyl (C=O) groups is 2. The van der Waals surface area contributed by atoms with E-state index in [1.54, 1.807) is 0 Å². The number of Topliss-reactive ketones (excluding diaryl/α,β-unsaturated/α-hetero) is 2. The fourth-order valence-electron chi connectivity index (χ4n) is 2.95. The molecule has 100 valence electrons. The maximum absolute atomic E-state index is 12.7. The summed E-state index contributed by atoms with van der Waals surface area (Å²) in [6.07, 6.45) is 0. The third-order valence-electron chi connectivity index (χ3n) is 4.17. The Balaban J connectivity index is 2.28. The minimum absolute atomic E-state index is 0.0902. The summed E-state index contributed by atoms with van der Waals surface area (Å²) in [5.74, 6) is -0.396. The number of hydrogen-bond donors (Lipinski definition) is 0. The minimum Gasteiger partial charge on any atom is -0.293 e. The molecule has 0 aromatic heterocycles. The summed E-state index contributed by atoms with van der Waals surface area (Å²) in [7, 11) is 0. The zero-order chi connectivity index (χ0) is 14.3. The molecule has 2 heteroatoms. The Hall–Kier alpha value is -2.22. The zero-order valence-corrected chi connectivity index (χ0v) is 11.6. The highest BCUT2D eigenvalue weighted by atomic mass is 16.1. The monoisotopic (exact) mass is 264 g/mol. The Morgan fingerprint density at radius 2 is 1.00 bits per heavy atom. The maximum atomic E-state index is 12.7. The molecule has 0 radical (unpaired) electrons. The first-order chi connectivity index (χ1) is 9.61. The molecule has 0 spiro atoms. The van der Waals surface area contributed by atoms with E-state index in [2.05, 4.69) is 0 Å². The summed E-state index contributed by atoms with van der Waals surface area (Å²) in [6, 6.07) is 14.9. The van der Waals surface area contributed by atoms with Gasteiger partial charge in [0.1, 0.15) is 0 Å². The molecule has 0 N–H and O–H groups in total. The first-order valence-corrected chi connectivity index (χ1v) is 6.87. The molecular weight excluding hydrogens is 248 g/mol. The van der Waals surface area contributed by atoms with Crippen molar-refractivity contribution in [1.29, 1.82) is 0 Å². The zero-order valence-electron chi connectivity index (χ0n) is 11.6. The van der Waals surface area contributed by atoms with Crippen LogP contribution in [0.3, 0.4) is 0 Å². The Kier molecular flexibility index (Phi) is 3.01. The topological polar surface area (TPSA) is 34.1 Å². The molecule has 0 saturated carbocycles. The summed E-state index contributed by atoms with van der Waals surface area (Å²) in [5.41, 5.74) is 3.03. The van der Waals surface area contributed by atoms with Gasteiger partial charge in [-0.2, -0.15) is 0 Å². The summed E-state index contributed by atoms with van der Waals surface area (Å²) in [6.45, 7) is 3.75. The van der Waals surface area contributed by atoms with Gasteiger partial charge in [0.05, 0.1) is 0 Å². The van der Waals surface area contributed by atoms with E-state index in [1.165, 1.54) is 0 Å². The van der Waals surface area contributed by atoms with Crippen molar-refractivity contribution in [2.75, 3.05) is 0 Å². The first kappa shape index (κ1) is 12.8. The van der Waals surface area contributed by atoms with Crippen molar-refractivity contribution in [1.82, 2.24) is 0 Å². The van der Waals surface area contributed by atoms with Crippen molar-refractivity contribution in [3.05, 3.63) is 70.8 Å². The van der Waals surface area contributed by atoms with Crippen LogP contribution in [0.4, 0.5) is 0 Å². The molecule has 2 aromatic carbocycles. The number of ketones is 2. The second-order valence-corrected chi connectivity index (χ2v) is 5.35. The van der Waals surface area contributed by atoms with E-state index in [0.29, 0.717) is 11.1 Å². The minimum atomic E-state index is -0.288. The number of fused-ring (bicyclic) bond motifs is 2. The summed E-state index contributed by atoms with van der Waals surface area (Å²) >= 11 is 0. The van der Waals surface area contributed by atoms with Gasteiger partial charge >= 0.3 is 0 Å². The van der Waals surface area contributed by atoms with E-state index < -0.39 is 0 Å². The second-order valence-electron chi connectivity index (χ2n) is 5.35. The molecule has 3 rings (SSSR count). The van der Waals surface area contributed by atoms with Crippen molar-refractivity contribution in [3.63, 3.8) is 0 Å². The van der Waals surface area contributed by atoms with Crippen LogP contribution in [0, 0.1) is 0 Å². The van der Waals surface area contributed by atoms with Crippen molar-refractivity contribution in [2.45, 2.75) is 25.7 Å². The molecular formula is C18H16O2. The van der Waals surface area contributed by atoms with Crippen LogP contribution >= 0.6 is 0 Å². The van der Waals surface area contributed by atoms with Crippen LogP contribution in [0.1, 0.15) is 57.5 Å². The summed E-state index contributed by atoms with van der Waals surface area (Å²) in [5, 5.41) is 0. The van der Waals surface area contributed by atoms with E-state index in [-0.39, 0.29) is 23.4 Å². The van der Waals surface area contributed by atoms with Gasteiger partial charge in [-0.15, -0.1) is 0 Å². The molecule has 2 nitrogen and oxygen atoms in total. The molecule has 1 aliphatic rings. The highest BCUT2D eigenvalue weighted by Crippen LogP contribution is 2.34.